The van der Waals surface area contributed by atoms with E-state index in [0.29, 0.717) is 0 Å². The molecule has 49 heavy (non-hydrogen) atoms. The molecule has 2 heterocycles. The maximum atomic E-state index is 6.99. The Morgan fingerprint density at radius 3 is 1.96 bits per heavy atom. The van der Waals surface area contributed by atoms with E-state index >= 15 is 0 Å². The highest BCUT2D eigenvalue weighted by molar-refractivity contribution is 7.26. The van der Waals surface area contributed by atoms with Gasteiger partial charge in [0, 0.05) is 42.6 Å². The maximum absolute atomic E-state index is 6.99. The largest absolute Gasteiger partial charge is 0.456 e. The fourth-order valence-corrected chi connectivity index (χ4v) is 9.49. The number of furan rings is 1. The van der Waals surface area contributed by atoms with Gasteiger partial charge in [-0.1, -0.05) is 128 Å². The van der Waals surface area contributed by atoms with Crippen LogP contribution in [0.2, 0.25) is 0 Å². The molecule has 0 spiro atoms. The number of thiophene rings is 1. The molecular formula is C47H34OS. The monoisotopic (exact) mass is 646 g/mol. The Morgan fingerprint density at radius 1 is 0.592 bits per heavy atom. The van der Waals surface area contributed by atoms with Gasteiger partial charge in [-0.15, -0.1) is 11.3 Å². The third kappa shape index (κ3) is 4.51. The normalized spacial score (nSPS) is 16.5. The maximum Gasteiger partial charge on any atom is 0.138 e. The van der Waals surface area contributed by atoms with E-state index in [4.69, 9.17) is 4.42 Å². The second kappa shape index (κ2) is 11.3. The average molecular weight is 647 g/mol. The smallest absolute Gasteiger partial charge is 0.138 e. The first-order chi connectivity index (χ1) is 24.2. The van der Waals surface area contributed by atoms with Crippen LogP contribution in [0.5, 0.6) is 0 Å². The quantitative estimate of drug-likeness (QED) is 0.173. The number of allylic oxidation sites excluding steroid dienone is 3. The molecule has 0 saturated carbocycles. The number of benzene rings is 7. The van der Waals surface area contributed by atoms with Crippen molar-refractivity contribution < 1.29 is 4.42 Å². The van der Waals surface area contributed by atoms with Crippen molar-refractivity contribution in [3.63, 3.8) is 0 Å². The molecule has 1 aliphatic rings. The van der Waals surface area contributed by atoms with Gasteiger partial charge in [0.1, 0.15) is 11.3 Å². The highest BCUT2D eigenvalue weighted by atomic mass is 32.1. The SMILES string of the molecule is CCC1/C=C(/c2ccccc2)c2oc3cc(-c4ccc5c(c4)c4cccc6sc7cccc5c7c64)ccc3c2CCC=C1c1ccccc1. The van der Waals surface area contributed by atoms with Gasteiger partial charge in [0.05, 0.1) is 0 Å². The molecular weight excluding hydrogens is 613 g/mol. The molecule has 1 atom stereocenters. The topological polar surface area (TPSA) is 13.1 Å². The zero-order valence-corrected chi connectivity index (χ0v) is 28.2. The second-order valence-corrected chi connectivity index (χ2v) is 14.4. The molecule has 0 amide bonds. The van der Waals surface area contributed by atoms with Crippen LogP contribution in [0.4, 0.5) is 0 Å². The number of hydrogen-bond acceptors (Lipinski definition) is 2. The number of hydrogen-bond donors (Lipinski definition) is 0. The van der Waals surface area contributed by atoms with Crippen molar-refractivity contribution >= 4 is 75.2 Å². The summed E-state index contributed by atoms with van der Waals surface area (Å²) in [6.45, 7) is 2.29. The van der Waals surface area contributed by atoms with Crippen LogP contribution < -0.4 is 0 Å². The molecule has 1 unspecified atom stereocenters. The molecule has 7 aromatic carbocycles. The first kappa shape index (κ1) is 28.6. The molecule has 0 radical (unpaired) electrons. The van der Waals surface area contributed by atoms with Crippen molar-refractivity contribution in [1.82, 2.24) is 0 Å². The Kier molecular flexibility index (Phi) is 6.60. The standard InChI is InChI=1S/C47H34OS/c1-2-29-26-40(31-14-7-4-8-15-31)47-39(19-9-16-34(29)30-12-5-3-6-13-30)36-25-23-33(28-42(36)48-47)32-22-24-35-37-17-10-20-43-45(37)46-38(41(35)27-32)18-11-21-44(46)49-43/h3-8,10-18,20-29H,2,9,19H2,1H3/b34-16?,40-26-. The van der Waals surface area contributed by atoms with E-state index in [1.807, 2.05) is 11.3 Å². The molecule has 2 heteroatoms. The van der Waals surface area contributed by atoms with Crippen LogP contribution in [0.3, 0.4) is 0 Å². The summed E-state index contributed by atoms with van der Waals surface area (Å²) >= 11 is 1.90. The van der Waals surface area contributed by atoms with Gasteiger partial charge in [-0.2, -0.15) is 0 Å². The first-order valence-corrected chi connectivity index (χ1v) is 18.2. The molecule has 0 aliphatic heterocycles. The van der Waals surface area contributed by atoms with E-state index in [0.717, 1.165) is 30.6 Å². The van der Waals surface area contributed by atoms with Crippen molar-refractivity contribution in [2.75, 3.05) is 0 Å². The molecule has 0 saturated heterocycles. The summed E-state index contributed by atoms with van der Waals surface area (Å²) in [5.41, 5.74) is 9.74. The average Bonchev–Trinajstić information content (AvgIpc) is 3.74. The Morgan fingerprint density at radius 2 is 1.24 bits per heavy atom. The second-order valence-electron chi connectivity index (χ2n) is 13.4. The summed E-state index contributed by atoms with van der Waals surface area (Å²) in [7, 11) is 0. The first-order valence-electron chi connectivity index (χ1n) is 17.4. The third-order valence-corrected chi connectivity index (χ3v) is 11.8. The van der Waals surface area contributed by atoms with Crippen LogP contribution >= 0.6 is 11.3 Å². The summed E-state index contributed by atoms with van der Waals surface area (Å²) in [5.74, 6) is 1.29. The van der Waals surface area contributed by atoms with Crippen LogP contribution in [-0.4, -0.2) is 0 Å². The summed E-state index contributed by atoms with van der Waals surface area (Å²) < 4.78 is 9.71. The van der Waals surface area contributed by atoms with E-state index in [-0.39, 0.29) is 5.92 Å². The lowest BCUT2D eigenvalue weighted by molar-refractivity contribution is 0.594. The molecule has 9 aromatic rings. The van der Waals surface area contributed by atoms with Gasteiger partial charge in [0.2, 0.25) is 0 Å². The van der Waals surface area contributed by atoms with Gasteiger partial charge in [-0.25, -0.2) is 0 Å². The molecule has 10 rings (SSSR count). The van der Waals surface area contributed by atoms with Crippen molar-refractivity contribution in [1.29, 1.82) is 0 Å². The fraction of sp³-hybridized carbons (Fsp3) is 0.106. The lowest BCUT2D eigenvalue weighted by Crippen LogP contribution is -2.01. The molecule has 0 N–H and O–H groups in total. The third-order valence-electron chi connectivity index (χ3n) is 10.7. The van der Waals surface area contributed by atoms with E-state index in [9.17, 15) is 0 Å². The minimum Gasteiger partial charge on any atom is -0.456 e. The van der Waals surface area contributed by atoms with Crippen LogP contribution in [0.1, 0.15) is 42.2 Å². The number of fused-ring (bicyclic) bond motifs is 6. The van der Waals surface area contributed by atoms with Crippen LogP contribution in [0.25, 0.3) is 75.0 Å². The zero-order valence-electron chi connectivity index (χ0n) is 27.4. The summed E-state index contributed by atoms with van der Waals surface area (Å²) in [5, 5.41) is 9.32. The predicted molar refractivity (Wildman–Crippen MR) is 211 cm³/mol. The molecule has 0 bridgehead atoms. The van der Waals surface area contributed by atoms with Gasteiger partial charge >= 0.3 is 0 Å². The molecule has 1 aliphatic carbocycles. The van der Waals surface area contributed by atoms with E-state index < -0.39 is 0 Å². The van der Waals surface area contributed by atoms with E-state index in [2.05, 4.69) is 153 Å². The van der Waals surface area contributed by atoms with Gasteiger partial charge in [0.25, 0.3) is 0 Å². The van der Waals surface area contributed by atoms with Gasteiger partial charge < -0.3 is 4.42 Å². The lowest BCUT2D eigenvalue weighted by Gasteiger charge is -2.18. The van der Waals surface area contributed by atoms with Crippen molar-refractivity contribution in [2.45, 2.75) is 26.2 Å². The molecule has 1 nitrogen and oxygen atoms in total. The summed E-state index contributed by atoms with van der Waals surface area (Å²) in [4.78, 5) is 0. The van der Waals surface area contributed by atoms with Gasteiger partial charge in [-0.3, -0.25) is 0 Å². The van der Waals surface area contributed by atoms with Gasteiger partial charge in [-0.05, 0) is 92.9 Å². The summed E-state index contributed by atoms with van der Waals surface area (Å²) in [6.07, 6.45) is 7.84. The highest BCUT2D eigenvalue weighted by Gasteiger charge is 2.24. The van der Waals surface area contributed by atoms with Crippen LogP contribution in [-0.2, 0) is 6.42 Å². The summed E-state index contributed by atoms with van der Waals surface area (Å²) in [6, 6.07) is 49.1. The van der Waals surface area contributed by atoms with Crippen molar-refractivity contribution in [2.24, 2.45) is 5.92 Å². The number of aryl methyl sites for hydroxylation is 1. The Balaban J connectivity index is 1.14. The molecule has 234 valence electrons. The molecule has 0 fully saturated rings. The van der Waals surface area contributed by atoms with Gasteiger partial charge in [0.15, 0.2) is 0 Å². The molecule has 2 aromatic heterocycles. The highest BCUT2D eigenvalue weighted by Crippen LogP contribution is 2.46. The zero-order chi connectivity index (χ0) is 32.5. The predicted octanol–water partition coefficient (Wildman–Crippen LogP) is 13.7. The Hall–Kier alpha value is -5.44. The minimum atomic E-state index is 0.280. The van der Waals surface area contributed by atoms with Crippen LogP contribution in [0.15, 0.2) is 150 Å². The minimum absolute atomic E-state index is 0.280. The number of rotatable bonds is 4. The van der Waals surface area contributed by atoms with Crippen LogP contribution in [0, 0.1) is 5.92 Å². The fourth-order valence-electron chi connectivity index (χ4n) is 8.33. The Labute approximate surface area is 289 Å². The van der Waals surface area contributed by atoms with E-state index in [1.165, 1.54) is 86.1 Å². The lowest BCUT2D eigenvalue weighted by atomic mass is 9.87. The van der Waals surface area contributed by atoms with Crippen molar-refractivity contribution in [3.8, 4) is 11.1 Å². The Bertz CT molecular complexity index is 2740. The van der Waals surface area contributed by atoms with E-state index in [1.54, 1.807) is 0 Å². The van der Waals surface area contributed by atoms with Crippen molar-refractivity contribution in [3.05, 3.63) is 168 Å².